The van der Waals surface area contributed by atoms with Gasteiger partial charge in [0.2, 0.25) is 0 Å². The molecule has 0 spiro atoms. The topological polar surface area (TPSA) is 75.7 Å². The number of carbonyl (C=O) groups excluding carboxylic acids is 3. The Hall–Kier alpha value is -3.42. The van der Waals surface area contributed by atoms with E-state index in [0.29, 0.717) is 33.1 Å². The van der Waals surface area contributed by atoms with Crippen LogP contribution in [0.5, 0.6) is 5.75 Å². The minimum atomic E-state index is -0.770. The van der Waals surface area contributed by atoms with Gasteiger partial charge in [0, 0.05) is 5.02 Å². The minimum Gasteiger partial charge on any atom is -0.488 e. The predicted octanol–water partition coefficient (Wildman–Crippen LogP) is 5.96. The Bertz CT molecular complexity index is 1340. The van der Waals surface area contributed by atoms with Gasteiger partial charge in [-0.2, -0.15) is 0 Å². The van der Waals surface area contributed by atoms with Gasteiger partial charge < -0.3 is 4.74 Å². The number of rotatable bonds is 5. The number of nitrogens with zero attached hydrogens (tertiary/aromatic N) is 1. The molecule has 0 radical (unpaired) electrons. The highest BCUT2D eigenvalue weighted by molar-refractivity contribution is 9.10. The second-order valence-corrected chi connectivity index (χ2v) is 9.07. The second-order valence-electron chi connectivity index (χ2n) is 7.78. The third-order valence-electron chi connectivity index (χ3n) is 5.49. The number of urea groups is 1. The maximum atomic E-state index is 13.2. The molecule has 0 atom stereocenters. The van der Waals surface area contributed by atoms with E-state index in [1.165, 1.54) is 6.08 Å². The van der Waals surface area contributed by atoms with Gasteiger partial charge in [-0.05, 0) is 88.4 Å². The molecule has 4 rings (SSSR count). The van der Waals surface area contributed by atoms with Crippen molar-refractivity contribution >= 4 is 57.1 Å². The summed E-state index contributed by atoms with van der Waals surface area (Å²) in [6.45, 7) is 4.07. The van der Waals surface area contributed by atoms with E-state index in [1.54, 1.807) is 42.5 Å². The lowest BCUT2D eigenvalue weighted by Gasteiger charge is -2.28. The number of barbiturate groups is 1. The molecule has 4 amide bonds. The molecule has 0 saturated carbocycles. The maximum Gasteiger partial charge on any atom is 0.335 e. The zero-order valence-electron chi connectivity index (χ0n) is 18.4. The van der Waals surface area contributed by atoms with E-state index < -0.39 is 17.8 Å². The number of nitrogens with one attached hydrogen (secondary N) is 1. The van der Waals surface area contributed by atoms with E-state index >= 15 is 0 Å². The number of anilines is 1. The molecule has 1 saturated heterocycles. The van der Waals surface area contributed by atoms with Crippen LogP contribution >= 0.6 is 27.5 Å². The van der Waals surface area contributed by atoms with Crippen LogP contribution < -0.4 is 15.0 Å². The Morgan fingerprint density at radius 3 is 2.47 bits per heavy atom. The predicted molar refractivity (Wildman–Crippen MR) is 135 cm³/mol. The molecule has 3 aromatic rings. The molecule has 172 valence electrons. The van der Waals surface area contributed by atoms with Crippen LogP contribution in [0.1, 0.15) is 22.3 Å². The molecule has 0 aliphatic carbocycles. The Morgan fingerprint density at radius 1 is 1.03 bits per heavy atom. The van der Waals surface area contributed by atoms with Crippen LogP contribution in [0.15, 0.2) is 70.7 Å². The molecule has 3 aromatic carbocycles. The van der Waals surface area contributed by atoms with E-state index in [4.69, 9.17) is 16.3 Å². The molecule has 34 heavy (non-hydrogen) atoms. The smallest absolute Gasteiger partial charge is 0.335 e. The molecule has 6 nitrogen and oxygen atoms in total. The van der Waals surface area contributed by atoms with E-state index in [2.05, 4.69) is 21.2 Å². The fourth-order valence-corrected chi connectivity index (χ4v) is 4.12. The van der Waals surface area contributed by atoms with Crippen LogP contribution in [0.4, 0.5) is 10.5 Å². The van der Waals surface area contributed by atoms with Crippen LogP contribution in [-0.4, -0.2) is 17.8 Å². The van der Waals surface area contributed by atoms with Gasteiger partial charge in [-0.3, -0.25) is 14.9 Å². The van der Waals surface area contributed by atoms with E-state index in [0.717, 1.165) is 21.6 Å². The van der Waals surface area contributed by atoms with E-state index in [9.17, 15) is 14.4 Å². The molecule has 0 unspecified atom stereocenters. The monoisotopic (exact) mass is 538 g/mol. The summed E-state index contributed by atoms with van der Waals surface area (Å²) in [6, 6.07) is 17.1. The van der Waals surface area contributed by atoms with Crippen molar-refractivity contribution in [3.63, 3.8) is 0 Å². The number of hydrogen-bond donors (Lipinski definition) is 1. The lowest BCUT2D eigenvalue weighted by atomic mass is 10.0. The molecule has 1 heterocycles. The zero-order chi connectivity index (χ0) is 24.4. The van der Waals surface area contributed by atoms with Gasteiger partial charge in [-0.25, -0.2) is 9.69 Å². The summed E-state index contributed by atoms with van der Waals surface area (Å²) in [4.78, 5) is 39.2. The van der Waals surface area contributed by atoms with Crippen LogP contribution in [0.2, 0.25) is 5.02 Å². The van der Waals surface area contributed by atoms with Gasteiger partial charge in [0.05, 0.1) is 10.2 Å². The third kappa shape index (κ3) is 4.90. The van der Waals surface area contributed by atoms with Crippen molar-refractivity contribution in [1.29, 1.82) is 0 Å². The van der Waals surface area contributed by atoms with Gasteiger partial charge in [0.25, 0.3) is 11.8 Å². The molecule has 1 fully saturated rings. The van der Waals surface area contributed by atoms with Crippen molar-refractivity contribution in [2.45, 2.75) is 20.5 Å². The highest BCUT2D eigenvalue weighted by Gasteiger charge is 2.37. The molecule has 1 N–H and O–H groups in total. The first-order valence-corrected chi connectivity index (χ1v) is 11.6. The first-order chi connectivity index (χ1) is 16.2. The number of amides is 4. The standard InChI is InChI=1S/C26H20BrClN2O4/c1-15-4-3-5-22(16(15)2)30-25(32)20(24(31)29-26(30)33)12-18-8-11-23(21(27)13-18)34-14-17-6-9-19(28)10-7-17/h3-13H,14H2,1-2H3,(H,29,31,33)/b20-12+. The summed E-state index contributed by atoms with van der Waals surface area (Å²) in [6.07, 6.45) is 1.45. The molecular weight excluding hydrogens is 520 g/mol. The molecule has 1 aliphatic rings. The number of halogens is 2. The van der Waals surface area contributed by atoms with Crippen molar-refractivity contribution in [2.24, 2.45) is 0 Å². The number of hydrogen-bond acceptors (Lipinski definition) is 4. The zero-order valence-corrected chi connectivity index (χ0v) is 20.7. The summed E-state index contributed by atoms with van der Waals surface area (Å²) in [7, 11) is 0. The van der Waals surface area contributed by atoms with E-state index in [1.807, 2.05) is 32.0 Å². The Balaban J connectivity index is 1.58. The highest BCUT2D eigenvalue weighted by atomic mass is 79.9. The van der Waals surface area contributed by atoms with Crippen LogP contribution in [0.3, 0.4) is 0 Å². The van der Waals surface area contributed by atoms with Crippen molar-refractivity contribution < 1.29 is 19.1 Å². The van der Waals surface area contributed by atoms with Gasteiger partial charge in [-0.1, -0.05) is 41.9 Å². The number of benzene rings is 3. The fraction of sp³-hybridized carbons (Fsp3) is 0.115. The number of imide groups is 2. The van der Waals surface area contributed by atoms with Gasteiger partial charge in [0.1, 0.15) is 17.9 Å². The number of aryl methyl sites for hydroxylation is 1. The summed E-state index contributed by atoms with van der Waals surface area (Å²) in [5, 5.41) is 2.91. The van der Waals surface area contributed by atoms with Crippen molar-refractivity contribution in [3.8, 4) is 5.75 Å². The quantitative estimate of drug-likeness (QED) is 0.320. The van der Waals surface area contributed by atoms with Gasteiger partial charge >= 0.3 is 6.03 Å². The van der Waals surface area contributed by atoms with Crippen LogP contribution in [0.25, 0.3) is 6.08 Å². The lowest BCUT2D eigenvalue weighted by molar-refractivity contribution is -0.122. The first kappa shape index (κ1) is 23.7. The molecule has 1 aliphatic heterocycles. The minimum absolute atomic E-state index is 0.137. The normalized spacial score (nSPS) is 15.0. The van der Waals surface area contributed by atoms with Crippen molar-refractivity contribution in [1.82, 2.24) is 5.32 Å². The summed E-state index contributed by atoms with van der Waals surface area (Å²) < 4.78 is 6.51. The van der Waals surface area contributed by atoms with Gasteiger partial charge in [-0.15, -0.1) is 0 Å². The third-order valence-corrected chi connectivity index (χ3v) is 6.36. The molecular formula is C26H20BrClN2O4. The average Bonchev–Trinajstić information content (AvgIpc) is 2.80. The SMILES string of the molecule is Cc1cccc(N2C(=O)NC(=O)/C(=C\c3ccc(OCc4ccc(Cl)cc4)c(Br)c3)C2=O)c1C. The van der Waals surface area contributed by atoms with E-state index in [-0.39, 0.29) is 5.57 Å². The Morgan fingerprint density at radius 2 is 1.76 bits per heavy atom. The molecule has 8 heteroatoms. The van der Waals surface area contributed by atoms with Crippen LogP contribution in [0, 0.1) is 13.8 Å². The highest BCUT2D eigenvalue weighted by Crippen LogP contribution is 2.30. The van der Waals surface area contributed by atoms with Crippen LogP contribution in [-0.2, 0) is 16.2 Å². The maximum absolute atomic E-state index is 13.2. The van der Waals surface area contributed by atoms with Crippen molar-refractivity contribution in [2.75, 3.05) is 4.90 Å². The Labute approximate surface area is 210 Å². The number of carbonyl (C=O) groups is 3. The van der Waals surface area contributed by atoms with Crippen molar-refractivity contribution in [3.05, 3.63) is 98.0 Å². The summed E-state index contributed by atoms with van der Waals surface area (Å²) >= 11 is 9.39. The lowest BCUT2D eigenvalue weighted by Crippen LogP contribution is -2.54. The second kappa shape index (κ2) is 9.83. The molecule has 0 aromatic heterocycles. The fourth-order valence-electron chi connectivity index (χ4n) is 3.49. The Kier molecular flexibility index (Phi) is 6.86. The summed E-state index contributed by atoms with van der Waals surface area (Å²) in [5.41, 5.74) is 3.57. The number of ether oxygens (including phenoxy) is 1. The largest absolute Gasteiger partial charge is 0.488 e. The first-order valence-electron chi connectivity index (χ1n) is 10.4. The average molecular weight is 540 g/mol. The summed E-state index contributed by atoms with van der Waals surface area (Å²) in [5.74, 6) is -0.818. The van der Waals surface area contributed by atoms with Gasteiger partial charge in [0.15, 0.2) is 0 Å². The molecule has 0 bridgehead atoms.